The number of benzene rings is 2. The number of halogens is 2. The maximum Gasteiger partial charge on any atom is 0.258 e. The first-order chi connectivity index (χ1) is 12.5. The van der Waals surface area contributed by atoms with Gasteiger partial charge in [-0.05, 0) is 30.3 Å². The Hall–Kier alpha value is -2.89. The summed E-state index contributed by atoms with van der Waals surface area (Å²) in [4.78, 5) is 28.7. The zero-order valence-corrected chi connectivity index (χ0v) is 14.9. The third-order valence-corrected chi connectivity index (χ3v) is 4.12. The van der Waals surface area contributed by atoms with E-state index in [2.05, 4.69) is 15.6 Å². The molecule has 0 radical (unpaired) electrons. The van der Waals surface area contributed by atoms with Crippen LogP contribution in [0.5, 0.6) is 0 Å². The number of rotatable bonds is 4. The third-order valence-electron chi connectivity index (χ3n) is 3.49. The van der Waals surface area contributed by atoms with Gasteiger partial charge in [-0.2, -0.15) is 0 Å². The minimum atomic E-state index is -0.452. The number of carbonyl (C=O) groups excluding carboxylic acids is 2. The molecule has 26 heavy (non-hydrogen) atoms. The van der Waals surface area contributed by atoms with Crippen molar-refractivity contribution in [3.8, 4) is 0 Å². The maximum atomic E-state index is 12.4. The quantitative estimate of drug-likeness (QED) is 0.671. The molecule has 0 aliphatic heterocycles. The second-order valence-corrected chi connectivity index (χ2v) is 6.12. The van der Waals surface area contributed by atoms with E-state index in [1.54, 1.807) is 54.6 Å². The normalized spacial score (nSPS) is 10.2. The molecule has 0 spiro atoms. The molecule has 0 aliphatic rings. The third kappa shape index (κ3) is 4.20. The summed E-state index contributed by atoms with van der Waals surface area (Å²) in [6, 6.07) is 16.7. The Morgan fingerprint density at radius 1 is 0.808 bits per heavy atom. The summed E-state index contributed by atoms with van der Waals surface area (Å²) >= 11 is 12.1. The highest BCUT2D eigenvalue weighted by Gasteiger charge is 2.15. The van der Waals surface area contributed by atoms with Gasteiger partial charge in [-0.25, -0.2) is 4.98 Å². The predicted molar refractivity (Wildman–Crippen MR) is 103 cm³/mol. The van der Waals surface area contributed by atoms with Gasteiger partial charge in [-0.15, -0.1) is 0 Å². The van der Waals surface area contributed by atoms with Crippen LogP contribution < -0.4 is 10.6 Å². The first-order valence-corrected chi connectivity index (χ1v) is 8.38. The number of carbonyl (C=O) groups is 2. The van der Waals surface area contributed by atoms with Crippen LogP contribution in [0.25, 0.3) is 0 Å². The second-order valence-electron chi connectivity index (χ2n) is 5.30. The molecule has 0 saturated carbocycles. The van der Waals surface area contributed by atoms with Gasteiger partial charge in [0.2, 0.25) is 0 Å². The van der Waals surface area contributed by atoms with Crippen molar-refractivity contribution in [2.75, 3.05) is 10.6 Å². The van der Waals surface area contributed by atoms with Crippen molar-refractivity contribution in [3.63, 3.8) is 0 Å². The molecule has 1 aromatic heterocycles. The highest BCUT2D eigenvalue weighted by Crippen LogP contribution is 2.25. The zero-order valence-electron chi connectivity index (χ0n) is 13.4. The number of hydrogen-bond donors (Lipinski definition) is 2. The van der Waals surface area contributed by atoms with Crippen LogP contribution in [0.1, 0.15) is 20.7 Å². The predicted octanol–water partition coefficient (Wildman–Crippen LogP) is 4.89. The SMILES string of the molecule is O=C(Nc1cc(NC(=O)c2c(Cl)cccc2Cl)ccn1)c1ccccc1. The van der Waals surface area contributed by atoms with Gasteiger partial charge in [0.25, 0.3) is 11.8 Å². The fourth-order valence-corrected chi connectivity index (χ4v) is 2.83. The van der Waals surface area contributed by atoms with E-state index in [1.165, 1.54) is 6.20 Å². The second kappa shape index (κ2) is 7.99. The van der Waals surface area contributed by atoms with Crippen molar-refractivity contribution >= 4 is 46.5 Å². The van der Waals surface area contributed by atoms with Crippen molar-refractivity contribution in [2.24, 2.45) is 0 Å². The van der Waals surface area contributed by atoms with Crippen LogP contribution in [0, 0.1) is 0 Å². The molecule has 0 saturated heterocycles. The fraction of sp³-hybridized carbons (Fsp3) is 0. The number of amides is 2. The summed E-state index contributed by atoms with van der Waals surface area (Å²) in [6.45, 7) is 0. The number of aromatic nitrogens is 1. The molecule has 0 fully saturated rings. The van der Waals surface area contributed by atoms with E-state index in [0.29, 0.717) is 17.1 Å². The van der Waals surface area contributed by atoms with Gasteiger partial charge in [-0.3, -0.25) is 9.59 Å². The van der Waals surface area contributed by atoms with E-state index in [1.807, 2.05) is 6.07 Å². The number of nitrogens with zero attached hydrogens (tertiary/aromatic N) is 1. The lowest BCUT2D eigenvalue weighted by Gasteiger charge is -2.10. The molecule has 2 aromatic carbocycles. The molecule has 3 aromatic rings. The molecule has 130 valence electrons. The number of anilines is 2. The Labute approximate surface area is 160 Å². The number of pyridine rings is 1. The molecule has 2 N–H and O–H groups in total. The van der Waals surface area contributed by atoms with Crippen LogP contribution in [0.15, 0.2) is 66.9 Å². The largest absolute Gasteiger partial charge is 0.322 e. The van der Waals surface area contributed by atoms with Crippen molar-refractivity contribution in [2.45, 2.75) is 0 Å². The van der Waals surface area contributed by atoms with E-state index in [4.69, 9.17) is 23.2 Å². The van der Waals surface area contributed by atoms with E-state index in [9.17, 15) is 9.59 Å². The Morgan fingerprint density at radius 3 is 2.19 bits per heavy atom. The number of hydrogen-bond acceptors (Lipinski definition) is 3. The Bertz CT molecular complexity index is 942. The van der Waals surface area contributed by atoms with Gasteiger partial charge in [-0.1, -0.05) is 47.5 Å². The molecule has 0 aliphatic carbocycles. The minimum Gasteiger partial charge on any atom is -0.322 e. The highest BCUT2D eigenvalue weighted by atomic mass is 35.5. The first kappa shape index (κ1) is 17.9. The van der Waals surface area contributed by atoms with Gasteiger partial charge in [0.05, 0.1) is 15.6 Å². The first-order valence-electron chi connectivity index (χ1n) is 7.62. The Balaban J connectivity index is 1.75. The Kier molecular flexibility index (Phi) is 5.51. The smallest absolute Gasteiger partial charge is 0.258 e. The van der Waals surface area contributed by atoms with E-state index in [0.717, 1.165) is 0 Å². The summed E-state index contributed by atoms with van der Waals surface area (Å²) < 4.78 is 0. The maximum absolute atomic E-state index is 12.4. The molecule has 1 heterocycles. The van der Waals surface area contributed by atoms with Gasteiger partial charge < -0.3 is 10.6 Å². The van der Waals surface area contributed by atoms with Gasteiger partial charge >= 0.3 is 0 Å². The van der Waals surface area contributed by atoms with Crippen LogP contribution in [0.3, 0.4) is 0 Å². The zero-order chi connectivity index (χ0) is 18.5. The summed E-state index contributed by atoms with van der Waals surface area (Å²) in [5, 5.41) is 5.88. The molecule has 3 rings (SSSR count). The van der Waals surface area contributed by atoms with Gasteiger partial charge in [0, 0.05) is 23.5 Å². The van der Waals surface area contributed by atoms with Crippen molar-refractivity contribution in [3.05, 3.63) is 88.0 Å². The molecule has 0 bridgehead atoms. The van der Waals surface area contributed by atoms with Crippen molar-refractivity contribution < 1.29 is 9.59 Å². The topological polar surface area (TPSA) is 71.1 Å². The molecule has 0 atom stereocenters. The van der Waals surface area contributed by atoms with E-state index in [-0.39, 0.29) is 21.5 Å². The Morgan fingerprint density at radius 2 is 1.50 bits per heavy atom. The van der Waals surface area contributed by atoms with Crippen LogP contribution in [0.2, 0.25) is 10.0 Å². The molecule has 0 unspecified atom stereocenters. The molecule has 2 amide bonds. The van der Waals surface area contributed by atoms with Crippen LogP contribution in [0.4, 0.5) is 11.5 Å². The van der Waals surface area contributed by atoms with E-state index >= 15 is 0 Å². The summed E-state index contributed by atoms with van der Waals surface area (Å²) in [6.07, 6.45) is 1.48. The average Bonchev–Trinajstić information content (AvgIpc) is 2.62. The molecule has 7 heteroatoms. The highest BCUT2D eigenvalue weighted by molar-refractivity contribution is 6.40. The average molecular weight is 386 g/mol. The van der Waals surface area contributed by atoms with Crippen molar-refractivity contribution in [1.29, 1.82) is 0 Å². The standard InChI is InChI=1S/C19H13Cl2N3O2/c20-14-7-4-8-15(21)17(14)19(26)23-13-9-10-22-16(11-13)24-18(25)12-5-2-1-3-6-12/h1-11H,(H2,22,23,24,25,26). The lowest BCUT2D eigenvalue weighted by Crippen LogP contribution is -2.15. The lowest BCUT2D eigenvalue weighted by molar-refractivity contribution is 0.101. The van der Waals surface area contributed by atoms with Gasteiger partial charge in [0.15, 0.2) is 0 Å². The lowest BCUT2D eigenvalue weighted by atomic mass is 10.2. The van der Waals surface area contributed by atoms with E-state index < -0.39 is 5.91 Å². The monoisotopic (exact) mass is 385 g/mol. The fourth-order valence-electron chi connectivity index (χ4n) is 2.26. The molecular formula is C19H13Cl2N3O2. The minimum absolute atomic E-state index is 0.183. The number of nitrogens with one attached hydrogen (secondary N) is 2. The summed E-state index contributed by atoms with van der Waals surface area (Å²) in [7, 11) is 0. The van der Waals surface area contributed by atoms with Crippen LogP contribution >= 0.6 is 23.2 Å². The molecular weight excluding hydrogens is 373 g/mol. The summed E-state index contributed by atoms with van der Waals surface area (Å²) in [5.74, 6) is -0.440. The van der Waals surface area contributed by atoms with Crippen LogP contribution in [-0.4, -0.2) is 16.8 Å². The van der Waals surface area contributed by atoms with Gasteiger partial charge in [0.1, 0.15) is 5.82 Å². The van der Waals surface area contributed by atoms with Crippen molar-refractivity contribution in [1.82, 2.24) is 4.98 Å². The summed E-state index contributed by atoms with van der Waals surface area (Å²) in [5.41, 5.74) is 1.14. The van der Waals surface area contributed by atoms with Crippen LogP contribution in [-0.2, 0) is 0 Å². The molecule has 5 nitrogen and oxygen atoms in total.